The number of fused-ring (bicyclic) bond motifs is 1. The number of thiazole rings is 1. The van der Waals surface area contributed by atoms with Crippen molar-refractivity contribution >= 4 is 27.5 Å². The highest BCUT2D eigenvalue weighted by molar-refractivity contribution is 7.18. The van der Waals surface area contributed by atoms with Gasteiger partial charge in [-0.2, -0.15) is 0 Å². The van der Waals surface area contributed by atoms with Crippen molar-refractivity contribution in [3.63, 3.8) is 0 Å². The van der Waals surface area contributed by atoms with Gasteiger partial charge in [-0.3, -0.25) is 9.69 Å². The molecule has 26 heavy (non-hydrogen) atoms. The maximum Gasteiger partial charge on any atom is 0.222 e. The number of para-hydroxylation sites is 1. The first-order valence-corrected chi connectivity index (χ1v) is 9.98. The van der Waals surface area contributed by atoms with Crippen molar-refractivity contribution in [3.8, 4) is 0 Å². The third-order valence-corrected chi connectivity index (χ3v) is 5.91. The van der Waals surface area contributed by atoms with Crippen molar-refractivity contribution < 1.29 is 4.79 Å². The summed E-state index contributed by atoms with van der Waals surface area (Å²) in [6.07, 6.45) is 1.42. The van der Waals surface area contributed by atoms with E-state index in [0.717, 1.165) is 49.7 Å². The van der Waals surface area contributed by atoms with Crippen molar-refractivity contribution in [1.82, 2.24) is 14.8 Å². The number of aryl methyl sites for hydroxylation is 1. The van der Waals surface area contributed by atoms with E-state index in [9.17, 15) is 4.79 Å². The SMILES string of the molecule is O=C(CCc1ccccc1)N1CCN(Cc2nc3ccccc3s2)CC1. The van der Waals surface area contributed by atoms with Gasteiger partial charge in [-0.25, -0.2) is 4.98 Å². The van der Waals surface area contributed by atoms with Crippen molar-refractivity contribution in [2.75, 3.05) is 26.2 Å². The second-order valence-electron chi connectivity index (χ2n) is 6.72. The van der Waals surface area contributed by atoms with Crippen molar-refractivity contribution in [1.29, 1.82) is 0 Å². The Morgan fingerprint density at radius 1 is 0.962 bits per heavy atom. The molecule has 1 aliphatic rings. The van der Waals surface area contributed by atoms with Crippen LogP contribution in [0.1, 0.15) is 17.0 Å². The molecule has 1 aliphatic heterocycles. The molecule has 0 radical (unpaired) electrons. The number of nitrogens with zero attached hydrogens (tertiary/aromatic N) is 3. The second-order valence-corrected chi connectivity index (χ2v) is 7.83. The number of rotatable bonds is 5. The van der Waals surface area contributed by atoms with E-state index in [0.29, 0.717) is 6.42 Å². The largest absolute Gasteiger partial charge is 0.340 e. The standard InChI is InChI=1S/C21H23N3OS/c25-21(11-10-17-6-2-1-3-7-17)24-14-12-23(13-15-24)16-20-22-18-8-4-5-9-19(18)26-20/h1-9H,10-16H2. The molecule has 134 valence electrons. The van der Waals surface area contributed by atoms with Crippen LogP contribution in [0.25, 0.3) is 10.2 Å². The average molecular weight is 366 g/mol. The monoisotopic (exact) mass is 365 g/mol. The topological polar surface area (TPSA) is 36.4 Å². The number of benzene rings is 2. The summed E-state index contributed by atoms with van der Waals surface area (Å²) in [7, 11) is 0. The zero-order valence-electron chi connectivity index (χ0n) is 14.8. The molecule has 0 N–H and O–H groups in total. The summed E-state index contributed by atoms with van der Waals surface area (Å²) >= 11 is 1.77. The first-order valence-electron chi connectivity index (χ1n) is 9.16. The number of carbonyl (C=O) groups excluding carboxylic acids is 1. The van der Waals surface area contributed by atoms with Crippen LogP contribution in [-0.2, 0) is 17.8 Å². The highest BCUT2D eigenvalue weighted by Crippen LogP contribution is 2.23. The summed E-state index contributed by atoms with van der Waals surface area (Å²) < 4.78 is 1.25. The van der Waals surface area contributed by atoms with Gasteiger partial charge in [0.15, 0.2) is 0 Å². The van der Waals surface area contributed by atoms with E-state index in [2.05, 4.69) is 35.2 Å². The number of hydrogen-bond acceptors (Lipinski definition) is 4. The number of hydrogen-bond donors (Lipinski definition) is 0. The predicted octanol–water partition coefficient (Wildman–Crippen LogP) is 3.57. The summed E-state index contributed by atoms with van der Waals surface area (Å²) in [5.74, 6) is 0.272. The van der Waals surface area contributed by atoms with Gasteiger partial charge in [-0.05, 0) is 24.1 Å². The minimum atomic E-state index is 0.272. The minimum absolute atomic E-state index is 0.272. The molecule has 0 aliphatic carbocycles. The van der Waals surface area contributed by atoms with Crippen LogP contribution in [0.3, 0.4) is 0 Å². The van der Waals surface area contributed by atoms with Gasteiger partial charge in [0.25, 0.3) is 0 Å². The Hall–Kier alpha value is -2.24. The highest BCUT2D eigenvalue weighted by Gasteiger charge is 2.21. The van der Waals surface area contributed by atoms with Gasteiger partial charge in [0.1, 0.15) is 5.01 Å². The molecular formula is C21H23N3OS. The van der Waals surface area contributed by atoms with Gasteiger partial charge in [-0.1, -0.05) is 42.5 Å². The summed E-state index contributed by atoms with van der Waals surface area (Å²) in [6.45, 7) is 4.36. The Labute approximate surface area is 158 Å². The van der Waals surface area contributed by atoms with Gasteiger partial charge < -0.3 is 4.90 Å². The number of aromatic nitrogens is 1. The first kappa shape index (κ1) is 17.2. The fourth-order valence-electron chi connectivity index (χ4n) is 3.39. The molecule has 0 saturated carbocycles. The van der Waals surface area contributed by atoms with Gasteiger partial charge in [0.2, 0.25) is 5.91 Å². The molecule has 2 aromatic carbocycles. The van der Waals surface area contributed by atoms with Gasteiger partial charge in [0.05, 0.1) is 16.8 Å². The Balaban J connectivity index is 1.26. The molecule has 0 spiro atoms. The maximum atomic E-state index is 12.5. The van der Waals surface area contributed by atoms with E-state index < -0.39 is 0 Å². The zero-order chi connectivity index (χ0) is 17.8. The molecule has 5 heteroatoms. The quantitative estimate of drug-likeness (QED) is 0.693. The van der Waals surface area contributed by atoms with Crippen LogP contribution in [0.2, 0.25) is 0 Å². The smallest absolute Gasteiger partial charge is 0.222 e. The first-order chi connectivity index (χ1) is 12.8. The summed E-state index contributed by atoms with van der Waals surface area (Å²) in [5, 5.41) is 1.16. The van der Waals surface area contributed by atoms with Crippen molar-refractivity contribution in [3.05, 3.63) is 65.2 Å². The molecule has 1 saturated heterocycles. The van der Waals surface area contributed by atoms with Gasteiger partial charge in [0, 0.05) is 32.6 Å². The Bertz CT molecular complexity index is 836. The van der Waals surface area contributed by atoms with Crippen LogP contribution >= 0.6 is 11.3 Å². The third-order valence-electron chi connectivity index (χ3n) is 4.89. The summed E-state index contributed by atoms with van der Waals surface area (Å²) in [6, 6.07) is 18.5. The highest BCUT2D eigenvalue weighted by atomic mass is 32.1. The molecule has 0 unspecified atom stereocenters. The van der Waals surface area contributed by atoms with Crippen LogP contribution < -0.4 is 0 Å². The Kier molecular flexibility index (Phi) is 5.27. The number of amides is 1. The summed E-state index contributed by atoms with van der Waals surface area (Å²) in [5.41, 5.74) is 2.32. The lowest BCUT2D eigenvalue weighted by molar-refractivity contribution is -0.133. The molecule has 4 rings (SSSR count). The van der Waals surface area contributed by atoms with Crippen LogP contribution in [0.15, 0.2) is 54.6 Å². The van der Waals surface area contributed by atoms with Crippen molar-refractivity contribution in [2.45, 2.75) is 19.4 Å². The van der Waals surface area contributed by atoms with E-state index >= 15 is 0 Å². The Morgan fingerprint density at radius 3 is 2.46 bits per heavy atom. The van der Waals surface area contributed by atoms with Gasteiger partial charge in [-0.15, -0.1) is 11.3 Å². The zero-order valence-corrected chi connectivity index (χ0v) is 15.6. The lowest BCUT2D eigenvalue weighted by atomic mass is 10.1. The second kappa shape index (κ2) is 7.98. The molecule has 2 heterocycles. The van der Waals surface area contributed by atoms with E-state index in [1.165, 1.54) is 10.3 Å². The molecular weight excluding hydrogens is 342 g/mol. The maximum absolute atomic E-state index is 12.5. The van der Waals surface area contributed by atoms with E-state index in [1.54, 1.807) is 11.3 Å². The Morgan fingerprint density at radius 2 is 1.69 bits per heavy atom. The van der Waals surface area contributed by atoms with Crippen LogP contribution in [0.4, 0.5) is 0 Å². The molecule has 1 aromatic heterocycles. The van der Waals surface area contributed by atoms with E-state index in [-0.39, 0.29) is 5.91 Å². The lowest BCUT2D eigenvalue weighted by Crippen LogP contribution is -2.48. The predicted molar refractivity (Wildman–Crippen MR) is 106 cm³/mol. The number of piperazine rings is 1. The average Bonchev–Trinajstić information content (AvgIpc) is 3.10. The van der Waals surface area contributed by atoms with Gasteiger partial charge >= 0.3 is 0 Å². The summed E-state index contributed by atoms with van der Waals surface area (Å²) in [4.78, 5) is 21.6. The molecule has 0 atom stereocenters. The lowest BCUT2D eigenvalue weighted by Gasteiger charge is -2.34. The van der Waals surface area contributed by atoms with Crippen LogP contribution in [-0.4, -0.2) is 46.9 Å². The molecule has 0 bridgehead atoms. The fraction of sp³-hybridized carbons (Fsp3) is 0.333. The molecule has 4 nitrogen and oxygen atoms in total. The molecule has 1 fully saturated rings. The fourth-order valence-corrected chi connectivity index (χ4v) is 4.40. The van der Waals surface area contributed by atoms with E-state index in [1.807, 2.05) is 29.2 Å². The molecule has 3 aromatic rings. The third kappa shape index (κ3) is 4.11. The minimum Gasteiger partial charge on any atom is -0.340 e. The number of carbonyl (C=O) groups is 1. The van der Waals surface area contributed by atoms with Crippen molar-refractivity contribution in [2.24, 2.45) is 0 Å². The molecule has 1 amide bonds. The van der Waals surface area contributed by atoms with Crippen LogP contribution in [0.5, 0.6) is 0 Å². The van der Waals surface area contributed by atoms with Crippen LogP contribution in [0, 0.1) is 0 Å². The normalized spacial score (nSPS) is 15.5. The van der Waals surface area contributed by atoms with E-state index in [4.69, 9.17) is 4.98 Å².